The maximum absolute atomic E-state index is 12.2. The van der Waals surface area contributed by atoms with Crippen LogP contribution in [0.2, 0.25) is 0 Å². The van der Waals surface area contributed by atoms with E-state index in [2.05, 4.69) is 25.7 Å². The van der Waals surface area contributed by atoms with Crippen LogP contribution >= 0.6 is 0 Å². The van der Waals surface area contributed by atoms with Gasteiger partial charge < -0.3 is 14.6 Å². The number of nitrogens with one attached hydrogen (secondary N) is 1. The summed E-state index contributed by atoms with van der Waals surface area (Å²) in [6.45, 7) is 9.16. The molecule has 0 spiro atoms. The SMILES string of the molecule is C=C1CCC2[C@@H](C)C(O)CC[C@]2(C)[C@@H]1CC(NCC(=O)OC)C1=CCOC1=O. The highest BCUT2D eigenvalue weighted by atomic mass is 16.5. The summed E-state index contributed by atoms with van der Waals surface area (Å²) < 4.78 is 9.87. The number of aliphatic hydroxyl groups excluding tert-OH is 1. The van der Waals surface area contributed by atoms with Gasteiger partial charge in [0.1, 0.15) is 6.61 Å². The van der Waals surface area contributed by atoms with Gasteiger partial charge in [0.05, 0.1) is 25.3 Å². The number of hydrogen-bond donors (Lipinski definition) is 2. The Hall–Kier alpha value is -1.66. The number of methoxy groups -OCH3 is 1. The number of cyclic esters (lactones) is 1. The molecule has 2 saturated carbocycles. The maximum atomic E-state index is 12.2. The highest BCUT2D eigenvalue weighted by Gasteiger charge is 2.51. The van der Waals surface area contributed by atoms with Crippen LogP contribution in [0.3, 0.4) is 0 Å². The molecular weight excluding hydrogens is 358 g/mol. The number of rotatable bonds is 6. The van der Waals surface area contributed by atoms with Crippen LogP contribution in [0.15, 0.2) is 23.8 Å². The molecule has 2 aliphatic carbocycles. The van der Waals surface area contributed by atoms with E-state index in [4.69, 9.17) is 9.47 Å². The molecule has 28 heavy (non-hydrogen) atoms. The van der Waals surface area contributed by atoms with Crippen molar-refractivity contribution in [2.24, 2.45) is 23.2 Å². The third kappa shape index (κ3) is 3.90. The predicted molar refractivity (Wildman–Crippen MR) is 105 cm³/mol. The lowest BCUT2D eigenvalue weighted by Crippen LogP contribution is -2.51. The molecule has 156 valence electrons. The standard InChI is InChI=1S/C22H33NO5/c1-13-5-6-16-14(2)19(24)7-9-22(16,3)17(13)11-18(23-12-20(25)27-4)15-8-10-28-21(15)26/h8,14,16-19,23-24H,1,5-7,9-12H2,2-4H3/t14-,16?,17-,18?,19?,22+/m1/s1. The molecule has 0 bridgehead atoms. The van der Waals surface area contributed by atoms with Crippen LogP contribution < -0.4 is 5.32 Å². The highest BCUT2D eigenvalue weighted by molar-refractivity contribution is 5.91. The van der Waals surface area contributed by atoms with E-state index in [1.807, 2.05) is 0 Å². The van der Waals surface area contributed by atoms with E-state index in [1.165, 1.54) is 12.7 Å². The lowest BCUT2D eigenvalue weighted by molar-refractivity contribution is -0.140. The van der Waals surface area contributed by atoms with E-state index in [9.17, 15) is 14.7 Å². The normalized spacial score (nSPS) is 36.4. The van der Waals surface area contributed by atoms with E-state index in [-0.39, 0.29) is 54.5 Å². The first-order valence-electron chi connectivity index (χ1n) is 10.3. The third-order valence-corrected chi connectivity index (χ3v) is 7.45. The fourth-order valence-corrected chi connectivity index (χ4v) is 5.71. The van der Waals surface area contributed by atoms with Gasteiger partial charge in [0.25, 0.3) is 0 Å². The van der Waals surface area contributed by atoms with Gasteiger partial charge in [-0.3, -0.25) is 10.1 Å². The van der Waals surface area contributed by atoms with Crippen LogP contribution in [0.25, 0.3) is 0 Å². The summed E-state index contributed by atoms with van der Waals surface area (Å²) in [6.07, 6.45) is 5.97. The number of fused-ring (bicyclic) bond motifs is 1. The molecule has 6 atom stereocenters. The molecule has 0 aromatic carbocycles. The van der Waals surface area contributed by atoms with Gasteiger partial charge in [-0.05, 0) is 61.3 Å². The largest absolute Gasteiger partial charge is 0.468 e. The van der Waals surface area contributed by atoms with Gasteiger partial charge in [-0.25, -0.2) is 4.79 Å². The number of hydrogen-bond acceptors (Lipinski definition) is 6. The molecule has 3 rings (SSSR count). The Kier molecular flexibility index (Phi) is 6.30. The lowest BCUT2D eigenvalue weighted by atomic mass is 9.50. The zero-order valence-electron chi connectivity index (χ0n) is 17.2. The van der Waals surface area contributed by atoms with E-state index in [0.717, 1.165) is 25.7 Å². The molecular formula is C22H33NO5. The van der Waals surface area contributed by atoms with Crippen LogP contribution in [0.5, 0.6) is 0 Å². The first kappa shape index (κ1) is 21.1. The van der Waals surface area contributed by atoms with Crippen LogP contribution in [0.4, 0.5) is 0 Å². The van der Waals surface area contributed by atoms with Gasteiger partial charge in [-0.1, -0.05) is 26.0 Å². The van der Waals surface area contributed by atoms with Crippen molar-refractivity contribution in [2.75, 3.05) is 20.3 Å². The number of ether oxygens (including phenoxy) is 2. The Labute approximate surface area is 167 Å². The fourth-order valence-electron chi connectivity index (χ4n) is 5.71. The second kappa shape index (κ2) is 8.37. The summed E-state index contributed by atoms with van der Waals surface area (Å²) in [5.41, 5.74) is 1.83. The maximum Gasteiger partial charge on any atom is 0.335 e. The van der Waals surface area contributed by atoms with Crippen molar-refractivity contribution in [1.82, 2.24) is 5.32 Å². The van der Waals surface area contributed by atoms with Crippen LogP contribution in [-0.2, 0) is 19.1 Å². The monoisotopic (exact) mass is 391 g/mol. The number of carbonyl (C=O) groups is 2. The molecule has 1 aliphatic heterocycles. The van der Waals surface area contributed by atoms with Gasteiger partial charge >= 0.3 is 11.9 Å². The summed E-state index contributed by atoms with van der Waals surface area (Å²) in [5, 5.41) is 13.6. The van der Waals surface area contributed by atoms with Crippen molar-refractivity contribution in [3.05, 3.63) is 23.8 Å². The van der Waals surface area contributed by atoms with Crippen molar-refractivity contribution in [1.29, 1.82) is 0 Å². The summed E-state index contributed by atoms with van der Waals surface area (Å²) in [4.78, 5) is 23.9. The van der Waals surface area contributed by atoms with Crippen LogP contribution in [-0.4, -0.2) is 49.5 Å². The van der Waals surface area contributed by atoms with Gasteiger partial charge in [0.2, 0.25) is 0 Å². The second-order valence-corrected chi connectivity index (χ2v) is 8.83. The first-order chi connectivity index (χ1) is 13.3. The molecule has 0 aromatic rings. The number of carbonyl (C=O) groups excluding carboxylic acids is 2. The molecule has 0 radical (unpaired) electrons. The molecule has 6 heteroatoms. The summed E-state index contributed by atoms with van der Waals surface area (Å²) in [6, 6.07) is -0.284. The first-order valence-corrected chi connectivity index (χ1v) is 10.3. The summed E-state index contributed by atoms with van der Waals surface area (Å²) in [5.74, 6) is 0.213. The Balaban J connectivity index is 1.84. The van der Waals surface area contributed by atoms with E-state index in [1.54, 1.807) is 6.08 Å². The third-order valence-electron chi connectivity index (χ3n) is 7.45. The van der Waals surface area contributed by atoms with E-state index in [0.29, 0.717) is 17.9 Å². The van der Waals surface area contributed by atoms with Gasteiger partial charge in [-0.2, -0.15) is 0 Å². The topological polar surface area (TPSA) is 84.9 Å². The fraction of sp³-hybridized carbons (Fsp3) is 0.727. The van der Waals surface area contributed by atoms with Gasteiger partial charge in [0.15, 0.2) is 0 Å². The molecule has 3 unspecified atom stereocenters. The summed E-state index contributed by atoms with van der Waals surface area (Å²) in [7, 11) is 1.35. The van der Waals surface area contributed by atoms with Crippen molar-refractivity contribution in [3.63, 3.8) is 0 Å². The lowest BCUT2D eigenvalue weighted by Gasteiger charge is -2.55. The van der Waals surface area contributed by atoms with E-state index < -0.39 is 0 Å². The van der Waals surface area contributed by atoms with Crippen molar-refractivity contribution in [2.45, 2.75) is 58.1 Å². The molecule has 0 saturated heterocycles. The molecule has 3 aliphatic rings. The van der Waals surface area contributed by atoms with Crippen molar-refractivity contribution >= 4 is 11.9 Å². The zero-order chi connectivity index (χ0) is 20.5. The van der Waals surface area contributed by atoms with Gasteiger partial charge in [-0.15, -0.1) is 0 Å². The minimum absolute atomic E-state index is 0.0300. The molecule has 0 aromatic heterocycles. The Morgan fingerprint density at radius 2 is 2.25 bits per heavy atom. The average molecular weight is 392 g/mol. The highest BCUT2D eigenvalue weighted by Crippen LogP contribution is 2.58. The minimum atomic E-state index is -0.363. The van der Waals surface area contributed by atoms with Crippen LogP contribution in [0, 0.1) is 23.2 Å². The second-order valence-electron chi connectivity index (χ2n) is 8.83. The van der Waals surface area contributed by atoms with Gasteiger partial charge in [0, 0.05) is 6.04 Å². The molecule has 1 heterocycles. The number of esters is 2. The van der Waals surface area contributed by atoms with Crippen molar-refractivity contribution < 1.29 is 24.2 Å². The number of aliphatic hydroxyl groups is 1. The molecule has 6 nitrogen and oxygen atoms in total. The summed E-state index contributed by atoms with van der Waals surface area (Å²) >= 11 is 0. The molecule has 2 fully saturated rings. The quantitative estimate of drug-likeness (QED) is 0.534. The molecule has 0 amide bonds. The Bertz CT molecular complexity index is 672. The predicted octanol–water partition coefficient (Wildman–Crippen LogP) is 2.37. The minimum Gasteiger partial charge on any atom is -0.468 e. The average Bonchev–Trinajstić information content (AvgIpc) is 3.09. The van der Waals surface area contributed by atoms with Crippen LogP contribution in [0.1, 0.15) is 46.0 Å². The Morgan fingerprint density at radius 3 is 2.89 bits per heavy atom. The van der Waals surface area contributed by atoms with Crippen molar-refractivity contribution in [3.8, 4) is 0 Å². The zero-order valence-corrected chi connectivity index (χ0v) is 17.2. The molecule has 2 N–H and O–H groups in total. The van der Waals surface area contributed by atoms with E-state index >= 15 is 0 Å². The Morgan fingerprint density at radius 1 is 1.50 bits per heavy atom. The smallest absolute Gasteiger partial charge is 0.335 e. The number of allylic oxidation sites excluding steroid dienone is 1.